The van der Waals surface area contributed by atoms with Gasteiger partial charge in [0, 0.05) is 54.1 Å². The van der Waals surface area contributed by atoms with Crippen molar-refractivity contribution < 1.29 is 41.8 Å². The second-order valence-electron chi connectivity index (χ2n) is 13.2. The summed E-state index contributed by atoms with van der Waals surface area (Å²) in [6.07, 6.45) is 9.22. The third-order valence-corrected chi connectivity index (χ3v) is 9.44. The van der Waals surface area contributed by atoms with E-state index in [-0.39, 0.29) is 39.5 Å². The molecule has 3 aromatic carbocycles. The monoisotopic (exact) mass is 799 g/mol. The highest BCUT2D eigenvalue weighted by molar-refractivity contribution is 6.09. The molecule has 0 radical (unpaired) electrons. The number of amides is 2. The third-order valence-electron chi connectivity index (χ3n) is 9.44. The Morgan fingerprint density at radius 3 is 2.47 bits per heavy atom. The largest absolute Gasteiger partial charge is 0.493 e. The highest BCUT2D eigenvalue weighted by atomic mass is 19.2. The van der Waals surface area contributed by atoms with Crippen molar-refractivity contribution in [3.05, 3.63) is 131 Å². The van der Waals surface area contributed by atoms with Gasteiger partial charge in [0.25, 0.3) is 18.3 Å². The minimum atomic E-state index is -1.34. The molecule has 6 rings (SSSR count). The fourth-order valence-electron chi connectivity index (χ4n) is 6.35. The first-order chi connectivity index (χ1) is 27.8. The first-order valence-corrected chi connectivity index (χ1v) is 18.6. The number of likely N-dealkylation sites (N-methyl/N-ethyl adjacent to an activating group) is 1. The summed E-state index contributed by atoms with van der Waals surface area (Å²) in [7, 11) is 2.94. The Labute approximate surface area is 335 Å². The third kappa shape index (κ3) is 9.51. The molecule has 4 N–H and O–H groups in total. The lowest BCUT2D eigenvalue weighted by atomic mass is 9.74. The van der Waals surface area contributed by atoms with E-state index in [4.69, 9.17) is 9.47 Å². The maximum Gasteiger partial charge on any atom is 0.293 e. The Kier molecular flexibility index (Phi) is 15.2. The number of ether oxygens (including phenoxy) is 3. The number of nitrogens with one attached hydrogen (secondary N) is 4. The van der Waals surface area contributed by atoms with Gasteiger partial charge in [0.1, 0.15) is 23.1 Å². The van der Waals surface area contributed by atoms with E-state index in [0.29, 0.717) is 37.3 Å². The van der Waals surface area contributed by atoms with Crippen molar-refractivity contribution in [2.45, 2.75) is 52.4 Å². The Hall–Kier alpha value is -6.57. The molecule has 306 valence electrons. The lowest BCUT2D eigenvalue weighted by Gasteiger charge is -2.36. The second kappa shape index (κ2) is 20.0. The van der Waals surface area contributed by atoms with Gasteiger partial charge >= 0.3 is 0 Å². The van der Waals surface area contributed by atoms with Crippen LogP contribution >= 0.6 is 0 Å². The minimum absolute atomic E-state index is 0.00507. The molecule has 0 fully saturated rings. The number of rotatable bonds is 12. The Balaban J connectivity index is 0.000000394. The number of carbonyl (C=O) groups is 3. The van der Waals surface area contributed by atoms with Crippen LogP contribution in [0.4, 0.5) is 13.2 Å². The summed E-state index contributed by atoms with van der Waals surface area (Å²) in [5.41, 5.74) is 3.29. The van der Waals surface area contributed by atoms with Crippen LogP contribution in [-0.4, -0.2) is 60.5 Å². The number of hydrogen-bond donors (Lipinski definition) is 4. The number of para-hydroxylation sites is 1. The van der Waals surface area contributed by atoms with Crippen molar-refractivity contribution in [1.82, 2.24) is 25.6 Å². The highest BCUT2D eigenvalue weighted by Crippen LogP contribution is 2.45. The summed E-state index contributed by atoms with van der Waals surface area (Å²) < 4.78 is 61.2. The molecule has 2 aromatic heterocycles. The lowest BCUT2D eigenvalue weighted by molar-refractivity contribution is -0.128. The molecule has 0 saturated carbocycles. The van der Waals surface area contributed by atoms with Gasteiger partial charge < -0.3 is 34.8 Å². The molecule has 1 aliphatic heterocycles. The quantitative estimate of drug-likeness (QED) is 0.0561. The molecule has 0 aliphatic carbocycles. The van der Waals surface area contributed by atoms with E-state index >= 15 is 8.78 Å². The van der Waals surface area contributed by atoms with Crippen molar-refractivity contribution in [2.75, 3.05) is 27.3 Å². The van der Waals surface area contributed by atoms with Crippen molar-refractivity contribution >= 4 is 29.2 Å². The van der Waals surface area contributed by atoms with E-state index in [0.717, 1.165) is 41.5 Å². The average molecular weight is 800 g/mol. The predicted molar refractivity (Wildman–Crippen MR) is 218 cm³/mol. The summed E-state index contributed by atoms with van der Waals surface area (Å²) in [6.45, 7) is 16.5. The Bertz CT molecular complexity index is 2330. The molecule has 11 nitrogen and oxygen atoms in total. The second-order valence-corrected chi connectivity index (χ2v) is 13.2. The van der Waals surface area contributed by atoms with Gasteiger partial charge in [-0.1, -0.05) is 56.9 Å². The number of carbonyl (C=O) groups excluding carboxylic acids is 3. The fraction of sp³-hybridized carbons (Fsp3) is 0.273. The normalized spacial score (nSPS) is 14.2. The number of nitrogens with zero attached hydrogens (tertiary/aromatic N) is 1. The van der Waals surface area contributed by atoms with Crippen LogP contribution in [0.5, 0.6) is 17.2 Å². The predicted octanol–water partition coefficient (Wildman–Crippen LogP) is 8.77. The molecule has 2 amide bonds. The van der Waals surface area contributed by atoms with Crippen molar-refractivity contribution in [3.8, 4) is 28.6 Å². The number of halogens is 3. The maximum absolute atomic E-state index is 15.2. The Morgan fingerprint density at radius 1 is 1.07 bits per heavy atom. The highest BCUT2D eigenvalue weighted by Gasteiger charge is 2.38. The van der Waals surface area contributed by atoms with Gasteiger partial charge in [0.15, 0.2) is 11.6 Å². The standard InChI is InChI=1S/C32H29F3N4O3.C9H13NO.C3H6O2/c1-4-6-17-7-5-8-21-28(17)41-14-12-32(21,2)23-16-38-30(39-23)20-15-18(9-10-22(20)33)42-29-24(31(40)36-3)19-11-13-37-27(19)25(34)26(29)35;1-5-6-7(2)8(3)9(11)10-4;1-2-5-3-4/h5,7-11,13,15-16,37H,4,6,12,14H2,1-3H3,(H,36,40)(H,38,39);5-6H,2-3H2,1,4H3,(H,10,11);3H,2H2,1H3/b;6-5-;/t32-;;/m0../s1. The fourth-order valence-corrected chi connectivity index (χ4v) is 6.35. The first kappa shape index (κ1) is 44.1. The number of allylic oxidation sites excluding steroid dienone is 2. The van der Waals surface area contributed by atoms with E-state index in [1.165, 1.54) is 31.4 Å². The van der Waals surface area contributed by atoms with Gasteiger partial charge in [-0.3, -0.25) is 14.4 Å². The van der Waals surface area contributed by atoms with Crippen molar-refractivity contribution in [3.63, 3.8) is 0 Å². The molecular weight excluding hydrogens is 752 g/mol. The molecule has 0 unspecified atom stereocenters. The number of aromatic amines is 2. The van der Waals surface area contributed by atoms with Crippen LogP contribution in [0.1, 0.15) is 67.7 Å². The molecule has 0 spiro atoms. The molecule has 14 heteroatoms. The van der Waals surface area contributed by atoms with Crippen LogP contribution in [0.25, 0.3) is 22.3 Å². The van der Waals surface area contributed by atoms with Crippen LogP contribution in [0.15, 0.2) is 91.3 Å². The summed E-state index contributed by atoms with van der Waals surface area (Å²) in [4.78, 5) is 43.2. The van der Waals surface area contributed by atoms with Gasteiger partial charge in [0.05, 0.1) is 29.9 Å². The smallest absolute Gasteiger partial charge is 0.293 e. The van der Waals surface area contributed by atoms with Gasteiger partial charge in [-0.15, -0.1) is 0 Å². The number of fused-ring (bicyclic) bond motifs is 2. The zero-order valence-electron chi connectivity index (χ0n) is 33.4. The van der Waals surface area contributed by atoms with E-state index in [2.05, 4.69) is 63.4 Å². The minimum Gasteiger partial charge on any atom is -0.493 e. The molecule has 1 atom stereocenters. The molecule has 58 heavy (non-hydrogen) atoms. The Morgan fingerprint density at radius 2 is 1.83 bits per heavy atom. The summed E-state index contributed by atoms with van der Waals surface area (Å²) in [5, 5.41) is 5.05. The molecule has 0 bridgehead atoms. The summed E-state index contributed by atoms with van der Waals surface area (Å²) in [5.74, 6) is -3.47. The van der Waals surface area contributed by atoms with Crippen LogP contribution < -0.4 is 20.1 Å². The van der Waals surface area contributed by atoms with Gasteiger partial charge in [0.2, 0.25) is 5.82 Å². The van der Waals surface area contributed by atoms with E-state index < -0.39 is 34.5 Å². The summed E-state index contributed by atoms with van der Waals surface area (Å²) >= 11 is 0. The van der Waals surface area contributed by atoms with Gasteiger partial charge in [-0.25, -0.2) is 13.8 Å². The summed E-state index contributed by atoms with van der Waals surface area (Å²) in [6, 6.07) is 11.4. The average Bonchev–Trinajstić information content (AvgIpc) is 3.93. The topological polar surface area (TPSA) is 147 Å². The first-order valence-electron chi connectivity index (χ1n) is 18.6. The van der Waals surface area contributed by atoms with Crippen LogP contribution in [0.3, 0.4) is 0 Å². The number of imidazole rings is 1. The number of aromatic nitrogens is 3. The van der Waals surface area contributed by atoms with E-state index in [9.17, 15) is 18.8 Å². The zero-order chi connectivity index (χ0) is 42.6. The van der Waals surface area contributed by atoms with Crippen molar-refractivity contribution in [1.29, 1.82) is 0 Å². The molecule has 0 saturated heterocycles. The molecule has 5 aromatic rings. The van der Waals surface area contributed by atoms with Crippen molar-refractivity contribution in [2.24, 2.45) is 0 Å². The van der Waals surface area contributed by atoms with Gasteiger partial charge in [-0.05, 0) is 69.0 Å². The molecular formula is C44H48F3N5O6. The number of H-pyrrole nitrogens is 2. The molecule has 1 aliphatic rings. The lowest BCUT2D eigenvalue weighted by Crippen LogP contribution is -2.32. The van der Waals surface area contributed by atoms with Crippen LogP contribution in [-0.2, 0) is 26.2 Å². The SMILES string of the molecule is C=C(/C=C\C)C(=C)C(=O)NC.CCCc1cccc2c1OCC[C@]2(C)c1cnc(-c2cc(Oc3c(F)c(F)c4[nH]ccc4c3C(=O)NC)ccc2F)[nH]1.CCOC=O. The maximum atomic E-state index is 15.2. The number of hydrogen-bond acceptors (Lipinski definition) is 7. The number of aryl methyl sites for hydroxylation is 1. The molecule has 3 heterocycles. The van der Waals surface area contributed by atoms with Crippen LogP contribution in [0, 0.1) is 17.5 Å². The van der Waals surface area contributed by atoms with E-state index in [1.807, 2.05) is 25.1 Å². The zero-order valence-corrected chi connectivity index (χ0v) is 33.4. The van der Waals surface area contributed by atoms with Gasteiger partial charge in [-0.2, -0.15) is 4.39 Å². The van der Waals surface area contributed by atoms with E-state index in [1.54, 1.807) is 26.2 Å². The van der Waals surface area contributed by atoms with Crippen LogP contribution in [0.2, 0.25) is 0 Å². The number of benzene rings is 3.